The van der Waals surface area contributed by atoms with E-state index in [2.05, 4.69) is 6.07 Å². The van der Waals surface area contributed by atoms with E-state index in [1.807, 2.05) is 0 Å². The van der Waals surface area contributed by atoms with Gasteiger partial charge in [0, 0.05) is 22.2 Å². The fourth-order valence-electron chi connectivity index (χ4n) is 1.37. The Labute approximate surface area is 101 Å². The molecule has 2 aromatic carbocycles. The molecule has 0 aromatic heterocycles. The van der Waals surface area contributed by atoms with Crippen molar-refractivity contribution in [2.24, 2.45) is 0 Å². The van der Waals surface area contributed by atoms with Crippen LogP contribution in [0.2, 0.25) is 10.0 Å². The van der Waals surface area contributed by atoms with Crippen LogP contribution in [0.25, 0.3) is 11.1 Å². The summed E-state index contributed by atoms with van der Waals surface area (Å²) in [4.78, 5) is 0. The van der Waals surface area contributed by atoms with Crippen LogP contribution in [0.5, 0.6) is 0 Å². The SMILES string of the molecule is Fc1[c]ccc(-c2ccc(Cl)cc2F)c1Cl. The van der Waals surface area contributed by atoms with E-state index in [0.29, 0.717) is 0 Å². The minimum atomic E-state index is -0.700. The van der Waals surface area contributed by atoms with Gasteiger partial charge in [-0.05, 0) is 18.2 Å². The number of hydrogen-bond donors (Lipinski definition) is 0. The van der Waals surface area contributed by atoms with Gasteiger partial charge < -0.3 is 0 Å². The normalized spacial score (nSPS) is 10.5. The van der Waals surface area contributed by atoms with Crippen LogP contribution >= 0.6 is 23.2 Å². The highest BCUT2D eigenvalue weighted by Gasteiger charge is 2.12. The van der Waals surface area contributed by atoms with Crippen molar-refractivity contribution in [3.63, 3.8) is 0 Å². The first-order chi connectivity index (χ1) is 7.59. The highest BCUT2D eigenvalue weighted by atomic mass is 35.5. The summed E-state index contributed by atoms with van der Waals surface area (Å²) in [6.45, 7) is 0. The molecule has 0 atom stereocenters. The van der Waals surface area contributed by atoms with E-state index >= 15 is 0 Å². The fraction of sp³-hybridized carbons (Fsp3) is 0. The van der Waals surface area contributed by atoms with Crippen LogP contribution in [0.3, 0.4) is 0 Å². The third-order valence-electron chi connectivity index (χ3n) is 2.11. The molecule has 4 heteroatoms. The zero-order valence-electron chi connectivity index (χ0n) is 7.90. The van der Waals surface area contributed by atoms with Crippen LogP contribution in [-0.2, 0) is 0 Å². The standard InChI is InChI=1S/C12H5Cl2F2/c13-7-4-5-8(11(16)6-7)9-2-1-3-10(15)12(9)14/h1-2,4-6H. The Hall–Kier alpha value is -1.12. The Kier molecular flexibility index (Phi) is 3.13. The molecule has 0 fully saturated rings. The molecule has 1 radical (unpaired) electrons. The monoisotopic (exact) mass is 257 g/mol. The van der Waals surface area contributed by atoms with E-state index in [9.17, 15) is 8.78 Å². The lowest BCUT2D eigenvalue weighted by Crippen LogP contribution is -1.88. The van der Waals surface area contributed by atoms with Crippen molar-refractivity contribution in [1.82, 2.24) is 0 Å². The van der Waals surface area contributed by atoms with Crippen molar-refractivity contribution in [2.45, 2.75) is 0 Å². The van der Waals surface area contributed by atoms with Gasteiger partial charge >= 0.3 is 0 Å². The predicted octanol–water partition coefficient (Wildman–Crippen LogP) is 4.74. The largest absolute Gasteiger partial charge is 0.206 e. The minimum absolute atomic E-state index is 0.149. The van der Waals surface area contributed by atoms with Gasteiger partial charge in [0.1, 0.15) is 11.6 Å². The van der Waals surface area contributed by atoms with Gasteiger partial charge in [-0.3, -0.25) is 0 Å². The van der Waals surface area contributed by atoms with E-state index < -0.39 is 11.6 Å². The summed E-state index contributed by atoms with van der Waals surface area (Å²) in [6, 6.07) is 9.27. The van der Waals surface area contributed by atoms with E-state index in [4.69, 9.17) is 23.2 Å². The molecule has 0 nitrogen and oxygen atoms in total. The quantitative estimate of drug-likeness (QED) is 0.693. The number of hydrogen-bond acceptors (Lipinski definition) is 0. The van der Waals surface area contributed by atoms with Crippen molar-refractivity contribution >= 4 is 23.2 Å². The smallest absolute Gasteiger partial charge is 0.150 e. The molecule has 2 rings (SSSR count). The Morgan fingerprint density at radius 2 is 1.75 bits per heavy atom. The van der Waals surface area contributed by atoms with Gasteiger partial charge in [-0.15, -0.1) is 0 Å². The van der Waals surface area contributed by atoms with Crippen LogP contribution in [0.4, 0.5) is 8.78 Å². The summed E-state index contributed by atoms with van der Waals surface area (Å²) in [6.07, 6.45) is 0. The maximum Gasteiger partial charge on any atom is 0.150 e. The van der Waals surface area contributed by atoms with Gasteiger partial charge in [0.2, 0.25) is 0 Å². The summed E-state index contributed by atoms with van der Waals surface area (Å²) in [5.74, 6) is -1.24. The molecule has 0 aliphatic rings. The highest BCUT2D eigenvalue weighted by Crippen LogP contribution is 2.32. The van der Waals surface area contributed by atoms with Crippen LogP contribution in [-0.4, -0.2) is 0 Å². The van der Waals surface area contributed by atoms with E-state index in [1.54, 1.807) is 0 Å². The first-order valence-electron chi connectivity index (χ1n) is 4.40. The fourth-order valence-corrected chi connectivity index (χ4v) is 1.75. The molecule has 81 valence electrons. The second-order valence-corrected chi connectivity index (χ2v) is 3.96. The van der Waals surface area contributed by atoms with Gasteiger partial charge in [-0.1, -0.05) is 35.3 Å². The Morgan fingerprint density at radius 3 is 2.44 bits per heavy atom. The van der Waals surface area contributed by atoms with Gasteiger partial charge in [-0.2, -0.15) is 0 Å². The maximum absolute atomic E-state index is 13.6. The van der Waals surface area contributed by atoms with E-state index in [1.165, 1.54) is 24.3 Å². The number of benzene rings is 2. The molecular formula is C12H5Cl2F2. The first kappa shape index (κ1) is 11.4. The molecule has 0 spiro atoms. The molecule has 0 heterocycles. The van der Waals surface area contributed by atoms with Crippen molar-refractivity contribution in [2.75, 3.05) is 0 Å². The molecule has 0 bridgehead atoms. The van der Waals surface area contributed by atoms with Gasteiger partial charge in [0.15, 0.2) is 0 Å². The highest BCUT2D eigenvalue weighted by molar-refractivity contribution is 6.33. The molecule has 0 N–H and O–H groups in total. The van der Waals surface area contributed by atoms with Crippen LogP contribution in [0.15, 0.2) is 30.3 Å². The first-order valence-corrected chi connectivity index (χ1v) is 5.16. The van der Waals surface area contributed by atoms with Gasteiger partial charge in [0.25, 0.3) is 0 Å². The van der Waals surface area contributed by atoms with Crippen LogP contribution in [0, 0.1) is 17.7 Å². The Balaban J connectivity index is 2.63. The molecule has 0 aliphatic carbocycles. The van der Waals surface area contributed by atoms with Crippen LogP contribution in [0.1, 0.15) is 0 Å². The third kappa shape index (κ3) is 2.04. The van der Waals surface area contributed by atoms with Crippen LogP contribution < -0.4 is 0 Å². The van der Waals surface area contributed by atoms with E-state index in [0.717, 1.165) is 6.07 Å². The van der Waals surface area contributed by atoms with Gasteiger partial charge in [0.05, 0.1) is 5.02 Å². The van der Waals surface area contributed by atoms with Gasteiger partial charge in [-0.25, -0.2) is 8.78 Å². The third-order valence-corrected chi connectivity index (χ3v) is 2.72. The lowest BCUT2D eigenvalue weighted by molar-refractivity contribution is 0.623. The maximum atomic E-state index is 13.6. The zero-order valence-corrected chi connectivity index (χ0v) is 9.41. The number of halogens is 4. The summed E-state index contributed by atoms with van der Waals surface area (Å²) in [7, 11) is 0. The van der Waals surface area contributed by atoms with Crippen molar-refractivity contribution < 1.29 is 8.78 Å². The van der Waals surface area contributed by atoms with Crippen molar-refractivity contribution in [3.8, 4) is 11.1 Å². The molecule has 0 saturated carbocycles. The summed E-state index contributed by atoms with van der Waals surface area (Å²) in [5, 5.41) is 0.129. The predicted molar refractivity (Wildman–Crippen MR) is 60.7 cm³/mol. The lowest BCUT2D eigenvalue weighted by Gasteiger charge is -2.06. The second-order valence-electron chi connectivity index (χ2n) is 3.14. The van der Waals surface area contributed by atoms with Crippen molar-refractivity contribution in [1.29, 1.82) is 0 Å². The number of rotatable bonds is 1. The summed E-state index contributed by atoms with van der Waals surface area (Å²) in [5.41, 5.74) is 0.495. The molecule has 2 aromatic rings. The second kappa shape index (κ2) is 4.40. The Morgan fingerprint density at radius 1 is 1.00 bits per heavy atom. The minimum Gasteiger partial charge on any atom is -0.206 e. The molecule has 0 unspecified atom stereocenters. The Bertz CT molecular complexity index is 539. The zero-order chi connectivity index (χ0) is 11.7. The topological polar surface area (TPSA) is 0 Å². The summed E-state index contributed by atoms with van der Waals surface area (Å²) < 4.78 is 26.7. The van der Waals surface area contributed by atoms with Crippen molar-refractivity contribution in [3.05, 3.63) is 58.1 Å². The van der Waals surface area contributed by atoms with E-state index in [-0.39, 0.29) is 21.2 Å². The molecular weight excluding hydrogens is 253 g/mol. The molecule has 0 saturated heterocycles. The average molecular weight is 258 g/mol. The molecule has 0 amide bonds. The molecule has 16 heavy (non-hydrogen) atoms. The lowest BCUT2D eigenvalue weighted by atomic mass is 10.1. The average Bonchev–Trinajstić information content (AvgIpc) is 2.23. The molecule has 0 aliphatic heterocycles. The summed E-state index contributed by atoms with van der Waals surface area (Å²) >= 11 is 11.4.